The summed E-state index contributed by atoms with van der Waals surface area (Å²) in [4.78, 5) is 2.26. The van der Waals surface area contributed by atoms with Gasteiger partial charge in [-0.25, -0.2) is 4.68 Å². The van der Waals surface area contributed by atoms with Crippen LogP contribution in [0.15, 0.2) is 73.6 Å². The third kappa shape index (κ3) is 9.02. The highest BCUT2D eigenvalue weighted by Crippen LogP contribution is 2.27. The zero-order chi connectivity index (χ0) is 28.9. The predicted octanol–water partition coefficient (Wildman–Crippen LogP) is 8.82. The maximum absolute atomic E-state index is 5.60. The zero-order valence-electron chi connectivity index (χ0n) is 25.6. The van der Waals surface area contributed by atoms with Crippen molar-refractivity contribution in [1.29, 1.82) is 0 Å². The lowest BCUT2D eigenvalue weighted by molar-refractivity contribution is 0.356. The standard InChI is InChI=1S/C17H20N2.C16H23NO.C2H6/c1-12-8-6-7-9-17(12)13(2)10-15(4)19-16(5)14(3)11-18-19;1-4-5-9-17(3)13(2)11-14-6-7-15-8-10-18-16(15)12-14;1-2/h6-11H,2H2,1,3-5H3;6-7,12H,2,4-5,8-11H2,1,3H3;1-2H3/b15-10-;;. The third-order valence-electron chi connectivity index (χ3n) is 7.02. The molecule has 0 saturated heterocycles. The molecule has 0 spiro atoms. The fourth-order valence-electron chi connectivity index (χ4n) is 4.42. The summed E-state index contributed by atoms with van der Waals surface area (Å²) in [5, 5.41) is 4.39. The van der Waals surface area contributed by atoms with E-state index in [1.807, 2.05) is 36.9 Å². The normalized spacial score (nSPS) is 11.8. The number of likely N-dealkylation sites (N-methyl/N-ethyl adjacent to an activating group) is 1. The Labute approximate surface area is 237 Å². The number of hydrogen-bond donors (Lipinski definition) is 0. The summed E-state index contributed by atoms with van der Waals surface area (Å²) in [6.07, 6.45) is 8.39. The molecule has 0 radical (unpaired) electrons. The molecule has 0 N–H and O–H groups in total. The number of rotatable bonds is 9. The van der Waals surface area contributed by atoms with E-state index < -0.39 is 0 Å². The molecule has 0 amide bonds. The van der Waals surface area contributed by atoms with Crippen LogP contribution in [0.2, 0.25) is 0 Å². The van der Waals surface area contributed by atoms with Gasteiger partial charge in [-0.15, -0.1) is 0 Å². The molecular weight excluding hydrogens is 478 g/mol. The van der Waals surface area contributed by atoms with Crippen LogP contribution in [0, 0.1) is 20.8 Å². The molecule has 1 aromatic heterocycles. The number of allylic oxidation sites excluding steroid dienone is 4. The van der Waals surface area contributed by atoms with Crippen molar-refractivity contribution in [3.8, 4) is 5.75 Å². The Morgan fingerprint density at radius 3 is 2.44 bits per heavy atom. The van der Waals surface area contributed by atoms with E-state index in [-0.39, 0.29) is 0 Å². The van der Waals surface area contributed by atoms with Gasteiger partial charge in [0.15, 0.2) is 0 Å². The van der Waals surface area contributed by atoms with Gasteiger partial charge >= 0.3 is 0 Å². The summed E-state index contributed by atoms with van der Waals surface area (Å²) in [6.45, 7) is 24.8. The Hall–Kier alpha value is -3.53. The topological polar surface area (TPSA) is 30.3 Å². The first-order chi connectivity index (χ1) is 18.7. The predicted molar refractivity (Wildman–Crippen MR) is 169 cm³/mol. The number of aromatic nitrogens is 2. The van der Waals surface area contributed by atoms with Crippen LogP contribution < -0.4 is 4.74 Å². The SMILES string of the molecule is C=C(/C=C(/C)n1ncc(C)c1C)c1ccccc1C.C=C(Cc1ccc2c(c1)OCC2)N(C)CCCC.CC. The Kier molecular flexibility index (Phi) is 12.8. The number of nitrogens with zero attached hydrogens (tertiary/aromatic N) is 3. The van der Waals surface area contributed by atoms with E-state index in [9.17, 15) is 0 Å². The summed E-state index contributed by atoms with van der Waals surface area (Å²) in [6, 6.07) is 14.9. The summed E-state index contributed by atoms with van der Waals surface area (Å²) in [5.41, 5.74) is 10.7. The highest BCUT2D eigenvalue weighted by atomic mass is 16.5. The first-order valence-corrected chi connectivity index (χ1v) is 14.3. The van der Waals surface area contributed by atoms with Gasteiger partial charge in [-0.2, -0.15) is 5.10 Å². The minimum atomic E-state index is 0.829. The maximum Gasteiger partial charge on any atom is 0.122 e. The fraction of sp³-hybridized carbons (Fsp3) is 0.400. The summed E-state index contributed by atoms with van der Waals surface area (Å²) in [7, 11) is 2.13. The van der Waals surface area contributed by atoms with E-state index in [2.05, 4.69) is 101 Å². The highest BCUT2D eigenvalue weighted by molar-refractivity contribution is 5.79. The van der Waals surface area contributed by atoms with Crippen LogP contribution in [-0.2, 0) is 12.8 Å². The van der Waals surface area contributed by atoms with Crippen LogP contribution in [0.25, 0.3) is 11.3 Å². The Morgan fingerprint density at radius 2 is 1.79 bits per heavy atom. The molecule has 2 heterocycles. The average Bonchev–Trinajstić information content (AvgIpc) is 3.54. The molecule has 1 aliphatic heterocycles. The van der Waals surface area contributed by atoms with E-state index in [0.717, 1.165) is 43.0 Å². The lowest BCUT2D eigenvalue weighted by atomic mass is 10.0. The monoisotopic (exact) mass is 527 g/mol. The molecule has 0 unspecified atom stereocenters. The van der Waals surface area contributed by atoms with Crippen LogP contribution in [0.5, 0.6) is 5.75 Å². The highest BCUT2D eigenvalue weighted by Gasteiger charge is 2.13. The summed E-state index contributed by atoms with van der Waals surface area (Å²) in [5.74, 6) is 1.07. The van der Waals surface area contributed by atoms with Gasteiger partial charge in [-0.1, -0.05) is 76.7 Å². The molecule has 0 atom stereocenters. The molecule has 0 bridgehead atoms. The molecule has 4 rings (SSSR count). The Morgan fingerprint density at radius 1 is 1.08 bits per heavy atom. The lowest BCUT2D eigenvalue weighted by Gasteiger charge is -2.21. The summed E-state index contributed by atoms with van der Waals surface area (Å²) < 4.78 is 7.56. The smallest absolute Gasteiger partial charge is 0.122 e. The molecule has 2 aromatic carbocycles. The van der Waals surface area contributed by atoms with Gasteiger partial charge in [0.05, 0.1) is 12.8 Å². The van der Waals surface area contributed by atoms with Crippen molar-refractivity contribution < 1.29 is 4.74 Å². The van der Waals surface area contributed by atoms with Crippen molar-refractivity contribution in [2.45, 2.75) is 74.1 Å². The van der Waals surface area contributed by atoms with Crippen molar-refractivity contribution in [3.05, 3.63) is 107 Å². The quantitative estimate of drug-likeness (QED) is 0.260. The van der Waals surface area contributed by atoms with Gasteiger partial charge in [-0.3, -0.25) is 0 Å². The van der Waals surface area contributed by atoms with E-state index in [1.54, 1.807) is 0 Å². The number of hydrogen-bond acceptors (Lipinski definition) is 3. The number of aryl methyl sites for hydroxylation is 2. The summed E-state index contributed by atoms with van der Waals surface area (Å²) >= 11 is 0. The Bertz CT molecular complexity index is 1260. The second-order valence-corrected chi connectivity index (χ2v) is 10.0. The van der Waals surface area contributed by atoms with Crippen LogP contribution in [0.4, 0.5) is 0 Å². The van der Waals surface area contributed by atoms with Gasteiger partial charge in [0.25, 0.3) is 0 Å². The first kappa shape index (κ1) is 31.7. The van der Waals surface area contributed by atoms with Gasteiger partial charge in [0.2, 0.25) is 0 Å². The van der Waals surface area contributed by atoms with Crippen LogP contribution in [0.1, 0.15) is 74.0 Å². The second-order valence-electron chi connectivity index (χ2n) is 10.0. The van der Waals surface area contributed by atoms with Crippen LogP contribution in [-0.4, -0.2) is 34.9 Å². The minimum absolute atomic E-state index is 0.829. The van der Waals surface area contributed by atoms with E-state index in [4.69, 9.17) is 4.74 Å². The molecule has 0 aliphatic carbocycles. The number of unbranched alkanes of at least 4 members (excludes halogenated alkanes) is 1. The second kappa shape index (κ2) is 15.8. The molecule has 3 aromatic rings. The molecule has 39 heavy (non-hydrogen) atoms. The van der Waals surface area contributed by atoms with Crippen molar-refractivity contribution in [1.82, 2.24) is 14.7 Å². The van der Waals surface area contributed by atoms with Crippen molar-refractivity contribution in [2.75, 3.05) is 20.2 Å². The van der Waals surface area contributed by atoms with E-state index >= 15 is 0 Å². The van der Waals surface area contributed by atoms with E-state index in [0.29, 0.717) is 0 Å². The number of fused-ring (bicyclic) bond motifs is 1. The largest absolute Gasteiger partial charge is 0.493 e. The minimum Gasteiger partial charge on any atom is -0.493 e. The molecule has 210 valence electrons. The number of benzene rings is 2. The molecule has 0 fully saturated rings. The molecule has 4 heteroatoms. The fourth-order valence-corrected chi connectivity index (χ4v) is 4.42. The number of ether oxygens (including phenoxy) is 1. The third-order valence-corrected chi connectivity index (χ3v) is 7.02. The zero-order valence-corrected chi connectivity index (χ0v) is 25.6. The van der Waals surface area contributed by atoms with E-state index in [1.165, 1.54) is 52.0 Å². The maximum atomic E-state index is 5.60. The van der Waals surface area contributed by atoms with Crippen molar-refractivity contribution >= 4 is 11.3 Å². The van der Waals surface area contributed by atoms with Crippen molar-refractivity contribution in [3.63, 3.8) is 0 Å². The molecule has 1 aliphatic rings. The average molecular weight is 528 g/mol. The lowest BCUT2D eigenvalue weighted by Crippen LogP contribution is -2.19. The molecule has 4 nitrogen and oxygen atoms in total. The first-order valence-electron chi connectivity index (χ1n) is 14.3. The van der Waals surface area contributed by atoms with Crippen LogP contribution in [0.3, 0.4) is 0 Å². The molecule has 0 saturated carbocycles. The van der Waals surface area contributed by atoms with Crippen LogP contribution >= 0.6 is 0 Å². The van der Waals surface area contributed by atoms with Gasteiger partial charge in [-0.05, 0) is 79.6 Å². The molecular formula is C35H49N3O. The van der Waals surface area contributed by atoms with Gasteiger partial charge < -0.3 is 9.64 Å². The van der Waals surface area contributed by atoms with Crippen molar-refractivity contribution in [2.24, 2.45) is 0 Å². The van der Waals surface area contributed by atoms with Gasteiger partial charge in [0.1, 0.15) is 5.75 Å². The van der Waals surface area contributed by atoms with Gasteiger partial charge in [0, 0.05) is 43.5 Å². The Balaban J connectivity index is 0.000000258.